The van der Waals surface area contributed by atoms with Gasteiger partial charge in [0.1, 0.15) is 11.6 Å². The minimum Gasteiger partial charge on any atom is -0.478 e. The number of hydrogen-bond acceptors (Lipinski definition) is 5. The zero-order valence-electron chi connectivity index (χ0n) is 16.9. The lowest BCUT2D eigenvalue weighted by molar-refractivity contribution is 0.0696. The molecule has 4 aromatic rings. The molecule has 2 aromatic carbocycles. The van der Waals surface area contributed by atoms with E-state index >= 15 is 0 Å². The SMILES string of the molecule is CCc1nn(C)c2nc(-c3ccc(Br)c(C(=O)O)c3)nc(NCc3ccc(F)cc3)c12. The maximum atomic E-state index is 13.2. The summed E-state index contributed by atoms with van der Waals surface area (Å²) in [6.45, 7) is 2.44. The third-order valence-corrected chi connectivity index (χ3v) is 5.61. The number of halogens is 2. The van der Waals surface area contributed by atoms with Crippen LogP contribution in [0.4, 0.5) is 10.2 Å². The number of rotatable bonds is 6. The Bertz CT molecular complexity index is 1290. The number of hydrogen-bond donors (Lipinski definition) is 2. The molecular weight excluding hydrogens is 465 g/mol. The molecule has 0 atom stereocenters. The summed E-state index contributed by atoms with van der Waals surface area (Å²) in [4.78, 5) is 20.9. The van der Waals surface area contributed by atoms with E-state index in [4.69, 9.17) is 4.98 Å². The highest BCUT2D eigenvalue weighted by Gasteiger charge is 2.18. The third-order valence-electron chi connectivity index (χ3n) is 4.92. The van der Waals surface area contributed by atoms with Gasteiger partial charge in [-0.15, -0.1) is 0 Å². The predicted octanol–water partition coefficient (Wildman–Crippen LogP) is 4.80. The number of aryl methyl sites for hydroxylation is 2. The normalized spacial score (nSPS) is 11.1. The summed E-state index contributed by atoms with van der Waals surface area (Å²) in [6, 6.07) is 11.2. The van der Waals surface area contributed by atoms with Crippen molar-refractivity contribution in [1.29, 1.82) is 0 Å². The van der Waals surface area contributed by atoms with Gasteiger partial charge in [0.15, 0.2) is 11.5 Å². The first-order chi connectivity index (χ1) is 14.9. The molecule has 7 nitrogen and oxygen atoms in total. The molecule has 158 valence electrons. The molecule has 31 heavy (non-hydrogen) atoms. The van der Waals surface area contributed by atoms with Crippen LogP contribution in [0.1, 0.15) is 28.5 Å². The number of anilines is 1. The number of aromatic carboxylic acids is 1. The average molecular weight is 484 g/mol. The lowest BCUT2D eigenvalue weighted by atomic mass is 10.1. The minimum absolute atomic E-state index is 0.126. The first-order valence-electron chi connectivity index (χ1n) is 9.62. The fourth-order valence-electron chi connectivity index (χ4n) is 3.35. The Balaban J connectivity index is 1.82. The van der Waals surface area contributed by atoms with Gasteiger partial charge in [-0.3, -0.25) is 0 Å². The summed E-state index contributed by atoms with van der Waals surface area (Å²) in [7, 11) is 1.81. The second-order valence-electron chi connectivity index (χ2n) is 7.00. The van der Waals surface area contributed by atoms with Crippen molar-refractivity contribution >= 4 is 38.8 Å². The van der Waals surface area contributed by atoms with Gasteiger partial charge in [0.05, 0.1) is 16.6 Å². The number of benzene rings is 2. The topological polar surface area (TPSA) is 92.9 Å². The van der Waals surface area contributed by atoms with E-state index in [0.29, 0.717) is 40.3 Å². The van der Waals surface area contributed by atoms with Gasteiger partial charge in [0, 0.05) is 23.6 Å². The van der Waals surface area contributed by atoms with Crippen molar-refractivity contribution in [2.75, 3.05) is 5.32 Å². The fraction of sp³-hybridized carbons (Fsp3) is 0.182. The van der Waals surface area contributed by atoms with Gasteiger partial charge < -0.3 is 10.4 Å². The molecule has 0 bridgehead atoms. The lowest BCUT2D eigenvalue weighted by Gasteiger charge is -2.11. The van der Waals surface area contributed by atoms with Crippen LogP contribution in [0.2, 0.25) is 0 Å². The van der Waals surface area contributed by atoms with Crippen LogP contribution in [-0.2, 0) is 20.0 Å². The van der Waals surface area contributed by atoms with Gasteiger partial charge in [0.25, 0.3) is 0 Å². The summed E-state index contributed by atoms with van der Waals surface area (Å²) < 4.78 is 15.4. The van der Waals surface area contributed by atoms with Crippen molar-refractivity contribution in [2.24, 2.45) is 7.05 Å². The summed E-state index contributed by atoms with van der Waals surface area (Å²) in [5.41, 5.74) is 3.09. The second-order valence-corrected chi connectivity index (χ2v) is 7.85. The summed E-state index contributed by atoms with van der Waals surface area (Å²) >= 11 is 3.26. The summed E-state index contributed by atoms with van der Waals surface area (Å²) in [6.07, 6.45) is 0.701. The van der Waals surface area contributed by atoms with E-state index in [1.54, 1.807) is 28.9 Å². The third kappa shape index (κ3) is 4.13. The van der Waals surface area contributed by atoms with Gasteiger partial charge in [-0.25, -0.2) is 23.8 Å². The van der Waals surface area contributed by atoms with Crippen LogP contribution in [0, 0.1) is 5.82 Å². The Hall–Kier alpha value is -3.33. The van der Waals surface area contributed by atoms with E-state index in [0.717, 1.165) is 16.6 Å². The molecule has 0 unspecified atom stereocenters. The largest absolute Gasteiger partial charge is 0.478 e. The van der Waals surface area contributed by atoms with E-state index in [2.05, 4.69) is 31.3 Å². The molecule has 0 saturated heterocycles. The Morgan fingerprint density at radius 1 is 1.19 bits per heavy atom. The molecule has 9 heteroatoms. The standard InChI is InChI=1S/C22H19BrFN5O2/c1-3-17-18-20(25-11-12-4-7-14(24)8-5-12)26-19(27-21(18)29(2)28-17)13-6-9-16(23)15(10-13)22(30)31/h4-10H,3,11H2,1-2H3,(H,30,31)(H,25,26,27). The van der Waals surface area contributed by atoms with Gasteiger partial charge in [-0.05, 0) is 52.2 Å². The summed E-state index contributed by atoms with van der Waals surface area (Å²) in [5.74, 6) is -0.359. The Labute approximate surface area is 186 Å². The van der Waals surface area contributed by atoms with Gasteiger partial charge in [0.2, 0.25) is 0 Å². The van der Waals surface area contributed by atoms with Crippen molar-refractivity contribution in [3.8, 4) is 11.4 Å². The second kappa shape index (κ2) is 8.43. The van der Waals surface area contributed by atoms with Crippen LogP contribution in [0.5, 0.6) is 0 Å². The average Bonchev–Trinajstić information content (AvgIpc) is 3.09. The minimum atomic E-state index is -1.04. The van der Waals surface area contributed by atoms with E-state index in [9.17, 15) is 14.3 Å². The van der Waals surface area contributed by atoms with Crippen molar-refractivity contribution in [3.05, 3.63) is 69.6 Å². The fourth-order valence-corrected chi connectivity index (χ4v) is 3.76. The van der Waals surface area contributed by atoms with Gasteiger partial charge >= 0.3 is 5.97 Å². The maximum Gasteiger partial charge on any atom is 0.336 e. The molecule has 2 aromatic heterocycles. The van der Waals surface area contributed by atoms with Crippen molar-refractivity contribution in [2.45, 2.75) is 19.9 Å². The van der Waals surface area contributed by atoms with Crippen LogP contribution in [0.25, 0.3) is 22.4 Å². The summed E-state index contributed by atoms with van der Waals surface area (Å²) in [5, 5.41) is 18.1. The molecule has 0 saturated carbocycles. The number of fused-ring (bicyclic) bond motifs is 1. The van der Waals surface area contributed by atoms with Crippen LogP contribution in [0.15, 0.2) is 46.9 Å². The number of carboxylic acid groups (broad SMARTS) is 1. The van der Waals surface area contributed by atoms with Crippen molar-refractivity contribution < 1.29 is 14.3 Å². The van der Waals surface area contributed by atoms with Gasteiger partial charge in [-0.1, -0.05) is 25.1 Å². The maximum absolute atomic E-state index is 13.2. The van der Waals surface area contributed by atoms with Crippen molar-refractivity contribution in [3.63, 3.8) is 0 Å². The first-order valence-corrected chi connectivity index (χ1v) is 10.4. The highest BCUT2D eigenvalue weighted by molar-refractivity contribution is 9.10. The highest BCUT2D eigenvalue weighted by Crippen LogP contribution is 2.30. The number of nitrogens with one attached hydrogen (secondary N) is 1. The quantitative estimate of drug-likeness (QED) is 0.408. The van der Waals surface area contributed by atoms with Crippen molar-refractivity contribution in [1.82, 2.24) is 19.7 Å². The zero-order chi connectivity index (χ0) is 22.1. The Morgan fingerprint density at radius 2 is 1.94 bits per heavy atom. The smallest absolute Gasteiger partial charge is 0.336 e. The molecular formula is C22H19BrFN5O2. The van der Waals surface area contributed by atoms with Crippen LogP contribution in [0.3, 0.4) is 0 Å². The molecule has 0 aliphatic rings. The van der Waals surface area contributed by atoms with Crippen LogP contribution in [-0.4, -0.2) is 30.8 Å². The highest BCUT2D eigenvalue weighted by atomic mass is 79.9. The molecule has 0 fully saturated rings. The number of carboxylic acids is 1. The lowest BCUT2D eigenvalue weighted by Crippen LogP contribution is -2.06. The van der Waals surface area contributed by atoms with Gasteiger partial charge in [-0.2, -0.15) is 5.10 Å². The molecule has 4 rings (SSSR count). The molecule has 0 amide bonds. The molecule has 0 aliphatic heterocycles. The molecule has 0 radical (unpaired) electrons. The number of aromatic nitrogens is 4. The zero-order valence-corrected chi connectivity index (χ0v) is 18.4. The Kier molecular flexibility index (Phi) is 5.69. The molecule has 0 spiro atoms. The Morgan fingerprint density at radius 3 is 2.61 bits per heavy atom. The molecule has 2 N–H and O–H groups in total. The van der Waals surface area contributed by atoms with E-state index < -0.39 is 5.97 Å². The monoisotopic (exact) mass is 483 g/mol. The number of nitrogens with zero attached hydrogens (tertiary/aromatic N) is 4. The predicted molar refractivity (Wildman–Crippen MR) is 120 cm³/mol. The first kappa shape index (κ1) is 20.9. The van der Waals surface area contributed by atoms with Crippen LogP contribution >= 0.6 is 15.9 Å². The van der Waals surface area contributed by atoms with E-state index in [1.807, 2.05) is 14.0 Å². The van der Waals surface area contributed by atoms with E-state index in [-0.39, 0.29) is 11.4 Å². The van der Waals surface area contributed by atoms with Crippen LogP contribution < -0.4 is 5.32 Å². The molecule has 2 heterocycles. The van der Waals surface area contributed by atoms with E-state index in [1.165, 1.54) is 18.2 Å². The molecule has 0 aliphatic carbocycles. The number of carbonyl (C=O) groups is 1.